The number of nitrogens with zero attached hydrogens (tertiary/aromatic N) is 3. The maximum absolute atomic E-state index is 12.4. The Morgan fingerprint density at radius 2 is 1.71 bits per heavy atom. The van der Waals surface area contributed by atoms with Gasteiger partial charge in [0.05, 0.1) is 12.8 Å². The number of benzene rings is 3. The van der Waals surface area contributed by atoms with Gasteiger partial charge in [-0.1, -0.05) is 17.7 Å². The molecule has 7 nitrogen and oxygen atoms in total. The number of hydrogen-bond donors (Lipinski definition) is 2. The van der Waals surface area contributed by atoms with E-state index < -0.39 is 0 Å². The number of carbonyl (C=O) groups excluding carboxylic acids is 1. The minimum Gasteiger partial charge on any atom is -0.497 e. The molecule has 0 radical (unpaired) electrons. The van der Waals surface area contributed by atoms with Crippen LogP contribution in [0.3, 0.4) is 0 Å². The zero-order valence-corrected chi connectivity index (χ0v) is 18.2. The molecule has 2 N–H and O–H groups in total. The van der Waals surface area contributed by atoms with Crippen LogP contribution in [0.1, 0.15) is 21.5 Å². The summed E-state index contributed by atoms with van der Waals surface area (Å²) in [6.45, 7) is 3.88. The highest BCUT2D eigenvalue weighted by Gasteiger charge is 2.12. The minimum atomic E-state index is -0.259. The number of fused-ring (bicyclic) bond motifs is 1. The topological polar surface area (TPSA) is 81.1 Å². The first-order valence-electron chi connectivity index (χ1n) is 9.64. The molecule has 3 aromatic carbocycles. The minimum absolute atomic E-state index is 0.219. The van der Waals surface area contributed by atoms with Crippen LogP contribution in [0.25, 0.3) is 16.7 Å². The van der Waals surface area contributed by atoms with Crippen LogP contribution < -0.4 is 15.4 Å². The number of methoxy groups -OCH3 is 1. The van der Waals surface area contributed by atoms with E-state index in [2.05, 4.69) is 20.8 Å². The number of rotatable bonds is 4. The van der Waals surface area contributed by atoms with Gasteiger partial charge in [0, 0.05) is 11.3 Å². The molecule has 0 aliphatic heterocycles. The van der Waals surface area contributed by atoms with E-state index in [9.17, 15) is 4.79 Å². The number of hydrogen-bond acceptors (Lipinski definition) is 5. The summed E-state index contributed by atoms with van der Waals surface area (Å²) in [5.74, 6) is 0.509. The maximum Gasteiger partial charge on any atom is 0.257 e. The second-order valence-electron chi connectivity index (χ2n) is 7.12. The van der Waals surface area contributed by atoms with E-state index in [1.807, 2.05) is 68.4 Å². The van der Waals surface area contributed by atoms with E-state index in [0.717, 1.165) is 33.8 Å². The van der Waals surface area contributed by atoms with Crippen LogP contribution in [-0.2, 0) is 0 Å². The summed E-state index contributed by atoms with van der Waals surface area (Å²) in [4.78, 5) is 14.0. The Kier molecular flexibility index (Phi) is 5.64. The van der Waals surface area contributed by atoms with Crippen LogP contribution in [-0.4, -0.2) is 33.1 Å². The Balaban J connectivity index is 1.53. The van der Waals surface area contributed by atoms with Gasteiger partial charge in [0.1, 0.15) is 16.8 Å². The van der Waals surface area contributed by atoms with Gasteiger partial charge < -0.3 is 10.1 Å². The second-order valence-corrected chi connectivity index (χ2v) is 7.53. The zero-order chi connectivity index (χ0) is 22.0. The molecule has 0 aliphatic rings. The lowest BCUT2D eigenvalue weighted by Gasteiger charge is -2.11. The van der Waals surface area contributed by atoms with Crippen molar-refractivity contribution in [2.45, 2.75) is 13.8 Å². The number of anilines is 1. The molecular formula is C23H21N5O2S. The van der Waals surface area contributed by atoms with Crippen LogP contribution in [0.15, 0.2) is 60.7 Å². The second kappa shape index (κ2) is 8.53. The first-order chi connectivity index (χ1) is 14.9. The molecule has 1 aromatic heterocycles. The summed E-state index contributed by atoms with van der Waals surface area (Å²) >= 11 is 5.34. The molecule has 0 saturated carbocycles. The van der Waals surface area contributed by atoms with Crippen molar-refractivity contribution in [1.82, 2.24) is 20.3 Å². The van der Waals surface area contributed by atoms with Gasteiger partial charge in [-0.15, -0.1) is 10.2 Å². The first kappa shape index (κ1) is 20.5. The number of thiocarbonyl (C=S) groups is 1. The Labute approximate surface area is 185 Å². The molecule has 1 heterocycles. The number of nitrogens with one attached hydrogen (secondary N) is 2. The predicted molar refractivity (Wildman–Crippen MR) is 125 cm³/mol. The lowest BCUT2D eigenvalue weighted by atomic mass is 10.1. The summed E-state index contributed by atoms with van der Waals surface area (Å²) in [7, 11) is 1.63. The van der Waals surface area contributed by atoms with E-state index >= 15 is 0 Å². The molecule has 0 fully saturated rings. The molecule has 0 bridgehead atoms. The predicted octanol–water partition coefficient (Wildman–Crippen LogP) is 4.17. The van der Waals surface area contributed by atoms with Crippen molar-refractivity contribution in [3.8, 4) is 11.4 Å². The van der Waals surface area contributed by atoms with Crippen LogP contribution in [0, 0.1) is 13.8 Å². The van der Waals surface area contributed by atoms with Gasteiger partial charge in [0.25, 0.3) is 5.91 Å². The van der Waals surface area contributed by atoms with Crippen LogP contribution in [0.4, 0.5) is 5.69 Å². The summed E-state index contributed by atoms with van der Waals surface area (Å²) in [5, 5.41) is 15.1. The number of aryl methyl sites for hydroxylation is 2. The van der Waals surface area contributed by atoms with Gasteiger partial charge >= 0.3 is 0 Å². The van der Waals surface area contributed by atoms with Gasteiger partial charge in [-0.3, -0.25) is 10.1 Å². The van der Waals surface area contributed by atoms with Crippen molar-refractivity contribution in [3.63, 3.8) is 0 Å². The third-order valence-corrected chi connectivity index (χ3v) is 4.99. The molecule has 1 amide bonds. The molecule has 8 heteroatoms. The lowest BCUT2D eigenvalue weighted by Crippen LogP contribution is -2.34. The zero-order valence-electron chi connectivity index (χ0n) is 17.3. The van der Waals surface area contributed by atoms with Gasteiger partial charge in [0.15, 0.2) is 5.11 Å². The number of carbonyl (C=O) groups is 1. The Morgan fingerprint density at radius 1 is 1.00 bits per heavy atom. The molecule has 31 heavy (non-hydrogen) atoms. The summed E-state index contributed by atoms with van der Waals surface area (Å²) in [6, 6.07) is 18.6. The molecule has 156 valence electrons. The standard InChI is InChI=1S/C23H21N5O2S/c1-14-5-4-6-16(11-14)22(29)25-23(31)24-19-13-21-20(12-15(19)2)26-28(27-21)17-7-9-18(30-3)10-8-17/h4-13H,1-3H3,(H2,24,25,29,31). The molecule has 4 aromatic rings. The number of aromatic nitrogens is 3. The van der Waals surface area contributed by atoms with Gasteiger partial charge in [-0.25, -0.2) is 0 Å². The molecule has 0 saturated heterocycles. The summed E-state index contributed by atoms with van der Waals surface area (Å²) < 4.78 is 5.19. The molecule has 0 spiro atoms. The SMILES string of the molecule is COc1ccc(-n2nc3cc(C)c(NC(=S)NC(=O)c4cccc(C)c4)cc3n2)cc1. The van der Waals surface area contributed by atoms with Crippen molar-refractivity contribution < 1.29 is 9.53 Å². The number of ether oxygens (including phenoxy) is 1. The van der Waals surface area contributed by atoms with Gasteiger partial charge in [0.2, 0.25) is 0 Å². The summed E-state index contributed by atoms with van der Waals surface area (Å²) in [5.41, 5.74) is 5.53. The fraction of sp³-hybridized carbons (Fsp3) is 0.130. The average molecular weight is 432 g/mol. The Morgan fingerprint density at radius 3 is 2.39 bits per heavy atom. The van der Waals surface area contributed by atoms with Crippen LogP contribution in [0.5, 0.6) is 5.75 Å². The van der Waals surface area contributed by atoms with E-state index in [1.54, 1.807) is 18.0 Å². The third-order valence-electron chi connectivity index (χ3n) is 4.79. The first-order valence-corrected chi connectivity index (χ1v) is 10.0. The van der Waals surface area contributed by atoms with E-state index in [-0.39, 0.29) is 11.0 Å². The average Bonchev–Trinajstić information content (AvgIpc) is 3.16. The van der Waals surface area contributed by atoms with Gasteiger partial charge in [-0.2, -0.15) is 4.80 Å². The molecule has 4 rings (SSSR count). The largest absolute Gasteiger partial charge is 0.497 e. The van der Waals surface area contributed by atoms with Gasteiger partial charge in [-0.05, 0) is 80.2 Å². The number of amides is 1. The van der Waals surface area contributed by atoms with Crippen molar-refractivity contribution in [2.75, 3.05) is 12.4 Å². The third kappa shape index (κ3) is 4.54. The smallest absolute Gasteiger partial charge is 0.257 e. The van der Waals surface area contributed by atoms with E-state index in [0.29, 0.717) is 11.1 Å². The fourth-order valence-corrected chi connectivity index (χ4v) is 3.35. The summed E-state index contributed by atoms with van der Waals surface area (Å²) in [6.07, 6.45) is 0. The van der Waals surface area contributed by atoms with Crippen molar-refractivity contribution >= 4 is 40.0 Å². The van der Waals surface area contributed by atoms with Crippen LogP contribution in [0.2, 0.25) is 0 Å². The molecule has 0 atom stereocenters. The van der Waals surface area contributed by atoms with Crippen molar-refractivity contribution in [1.29, 1.82) is 0 Å². The Bertz CT molecular complexity index is 1280. The lowest BCUT2D eigenvalue weighted by molar-refractivity contribution is 0.0977. The molecule has 0 aliphatic carbocycles. The normalized spacial score (nSPS) is 10.7. The maximum atomic E-state index is 12.4. The van der Waals surface area contributed by atoms with E-state index in [4.69, 9.17) is 17.0 Å². The van der Waals surface area contributed by atoms with Crippen LogP contribution >= 0.6 is 12.2 Å². The highest BCUT2D eigenvalue weighted by molar-refractivity contribution is 7.80. The van der Waals surface area contributed by atoms with E-state index in [1.165, 1.54) is 0 Å². The molecular weight excluding hydrogens is 410 g/mol. The Hall–Kier alpha value is -3.78. The monoisotopic (exact) mass is 431 g/mol. The fourth-order valence-electron chi connectivity index (χ4n) is 3.15. The molecule has 0 unspecified atom stereocenters. The van der Waals surface area contributed by atoms with Crippen molar-refractivity contribution in [2.24, 2.45) is 0 Å². The highest BCUT2D eigenvalue weighted by atomic mass is 32.1. The highest BCUT2D eigenvalue weighted by Crippen LogP contribution is 2.23. The van der Waals surface area contributed by atoms with Crippen molar-refractivity contribution in [3.05, 3.63) is 77.4 Å². The quantitative estimate of drug-likeness (QED) is 0.472.